The zero-order valence-electron chi connectivity index (χ0n) is 50.2. The lowest BCUT2D eigenvalue weighted by Crippen LogP contribution is -2.30. The van der Waals surface area contributed by atoms with Crippen LogP contribution in [0.15, 0.2) is 134 Å². The molecule has 454 valence electrons. The van der Waals surface area contributed by atoms with Crippen LogP contribution in [-0.4, -0.2) is 66.5 Å². The lowest BCUT2D eigenvalue weighted by atomic mass is 10.1. The van der Waals surface area contributed by atoms with Crippen LogP contribution in [0.1, 0.15) is 239 Å². The molecule has 0 rings (SSSR count). The average Bonchev–Trinajstić information content (AvgIpc) is 3.45. The van der Waals surface area contributed by atoms with E-state index in [0.29, 0.717) is 25.7 Å². The molecule has 0 saturated carbocycles. The fraction of sp³-hybridized carbons (Fsp3) is 0.632. The van der Waals surface area contributed by atoms with Crippen LogP contribution in [0, 0.1) is 0 Å². The highest BCUT2D eigenvalue weighted by Crippen LogP contribution is 2.43. The highest BCUT2D eigenvalue weighted by atomic mass is 31.2. The Morgan fingerprint density at radius 2 is 0.662 bits per heavy atom. The highest BCUT2D eigenvalue weighted by Gasteiger charge is 2.28. The van der Waals surface area contributed by atoms with Gasteiger partial charge >= 0.3 is 25.7 Å². The lowest BCUT2D eigenvalue weighted by Gasteiger charge is -2.21. The van der Waals surface area contributed by atoms with Crippen molar-refractivity contribution >= 4 is 25.7 Å². The Bertz CT molecular complexity index is 1850. The van der Waals surface area contributed by atoms with E-state index in [1.807, 2.05) is 6.08 Å². The molecule has 3 unspecified atom stereocenters. The van der Waals surface area contributed by atoms with Gasteiger partial charge in [0.1, 0.15) is 12.7 Å². The summed E-state index contributed by atoms with van der Waals surface area (Å²) < 4.78 is 39.6. The molecule has 0 spiro atoms. The van der Waals surface area contributed by atoms with Gasteiger partial charge < -0.3 is 24.2 Å². The van der Waals surface area contributed by atoms with Crippen LogP contribution in [0.25, 0.3) is 0 Å². The van der Waals surface area contributed by atoms with Gasteiger partial charge in [-0.1, -0.05) is 225 Å². The Hall–Kier alpha value is -4.38. The largest absolute Gasteiger partial charge is 0.472 e. The van der Waals surface area contributed by atoms with Gasteiger partial charge in [0.25, 0.3) is 0 Å². The van der Waals surface area contributed by atoms with Crippen molar-refractivity contribution in [3.63, 3.8) is 0 Å². The van der Waals surface area contributed by atoms with E-state index >= 15 is 0 Å². The molecule has 0 radical (unpaired) electrons. The molecule has 0 fully saturated rings. The van der Waals surface area contributed by atoms with Crippen LogP contribution in [0.3, 0.4) is 0 Å². The molecule has 12 heteroatoms. The van der Waals surface area contributed by atoms with Crippen molar-refractivity contribution in [2.24, 2.45) is 0 Å². The normalized spacial score (nSPS) is 14.2. The molecule has 0 amide bonds. The van der Waals surface area contributed by atoms with Gasteiger partial charge in [-0.15, -0.1) is 0 Å². The van der Waals surface area contributed by atoms with E-state index in [9.17, 15) is 28.9 Å². The molecule has 2 N–H and O–H groups in total. The summed E-state index contributed by atoms with van der Waals surface area (Å²) in [4.78, 5) is 48.7. The molecule has 3 atom stereocenters. The van der Waals surface area contributed by atoms with Gasteiger partial charge in [-0.3, -0.25) is 23.4 Å². The Morgan fingerprint density at radius 1 is 0.362 bits per heavy atom. The summed E-state index contributed by atoms with van der Waals surface area (Å²) in [6.45, 7) is 4.30. The first-order valence-electron chi connectivity index (χ1n) is 31.1. The first-order chi connectivity index (χ1) is 39.2. The van der Waals surface area contributed by atoms with Crippen molar-refractivity contribution < 1.29 is 52.2 Å². The number of phosphoric ester groups is 1. The number of hydrogen-bond acceptors (Lipinski definition) is 10. The summed E-state index contributed by atoms with van der Waals surface area (Å²) in [6, 6.07) is 0. The summed E-state index contributed by atoms with van der Waals surface area (Å²) in [6.07, 6.45) is 76.9. The van der Waals surface area contributed by atoms with Crippen LogP contribution in [0.2, 0.25) is 0 Å². The van der Waals surface area contributed by atoms with E-state index in [2.05, 4.69) is 148 Å². The van der Waals surface area contributed by atoms with E-state index in [0.717, 1.165) is 141 Å². The molecule has 0 aliphatic rings. The van der Waals surface area contributed by atoms with Crippen LogP contribution in [0.5, 0.6) is 0 Å². The molecule has 11 nitrogen and oxygen atoms in total. The minimum Gasteiger partial charge on any atom is -0.462 e. The first kappa shape index (κ1) is 75.6. The Morgan fingerprint density at radius 3 is 1.04 bits per heavy atom. The van der Waals surface area contributed by atoms with E-state index in [4.69, 9.17) is 23.3 Å². The SMILES string of the molecule is CC/C=C\C/C=C\C/C=C\C/C=C\C/C=C\CCCC(=O)OCC(COP(=O)(O)OCC(CO)OC(=O)CCCCCCCCC/C=C\C/C=C\C/C=C\CC)OC(=O)CCCCCCCC/C=C\C/C=C\C/C=C\CCCCC. The molecule has 0 heterocycles. The maximum absolute atomic E-state index is 12.9. The number of esters is 3. The third kappa shape index (κ3) is 58.3. The fourth-order valence-electron chi connectivity index (χ4n) is 7.88. The van der Waals surface area contributed by atoms with Gasteiger partial charge in [-0.2, -0.15) is 0 Å². The van der Waals surface area contributed by atoms with Gasteiger partial charge in [0.15, 0.2) is 6.10 Å². The zero-order chi connectivity index (χ0) is 58.3. The Labute approximate surface area is 487 Å². The van der Waals surface area contributed by atoms with Crippen molar-refractivity contribution in [2.45, 2.75) is 251 Å². The zero-order valence-corrected chi connectivity index (χ0v) is 51.1. The minimum absolute atomic E-state index is 0.133. The number of unbranched alkanes of at least 4 members (excludes halogenated alkanes) is 17. The van der Waals surface area contributed by atoms with Crippen LogP contribution in [-0.2, 0) is 42.2 Å². The second kappa shape index (κ2) is 60.7. The fourth-order valence-corrected chi connectivity index (χ4v) is 8.67. The molecular formula is C68H111O11P. The maximum Gasteiger partial charge on any atom is 0.472 e. The second-order valence-corrected chi connectivity index (χ2v) is 21.6. The first-order valence-corrected chi connectivity index (χ1v) is 32.6. The number of carbonyl (C=O) groups is 3. The third-order valence-electron chi connectivity index (χ3n) is 12.5. The average molecular weight is 1140 g/mol. The molecule has 0 aliphatic carbocycles. The number of hydrogen-bond donors (Lipinski definition) is 2. The van der Waals surface area contributed by atoms with Crippen molar-refractivity contribution in [1.29, 1.82) is 0 Å². The molecule has 0 aromatic rings. The molecule has 0 bridgehead atoms. The van der Waals surface area contributed by atoms with E-state index < -0.39 is 57.8 Å². The molecule has 0 aliphatic heterocycles. The van der Waals surface area contributed by atoms with E-state index in [1.165, 1.54) is 32.1 Å². The van der Waals surface area contributed by atoms with Gasteiger partial charge in [0.05, 0.1) is 19.8 Å². The summed E-state index contributed by atoms with van der Waals surface area (Å²) in [5, 5.41) is 9.85. The predicted octanol–water partition coefficient (Wildman–Crippen LogP) is 18.9. The van der Waals surface area contributed by atoms with E-state index in [-0.39, 0.29) is 25.9 Å². The number of ether oxygens (including phenoxy) is 3. The van der Waals surface area contributed by atoms with Crippen molar-refractivity contribution in [3.8, 4) is 0 Å². The standard InChI is InChI=1S/C68H111O11P/c1-4-7-10-13-16-19-22-25-28-31-32-35-38-41-44-47-50-53-56-59-68(72)79-65(61-75-66(70)57-54-51-48-45-42-39-36-33-29-26-23-20-17-14-11-8-5-2)63-77-80(73,74)76-62-64(60-69)78-67(71)58-55-52-49-46-43-40-37-34-30-27-24-21-18-15-12-9-6-3/h8-9,11-12,16-21,25-30,32,35-36,39,45,48,64-65,69H,4-7,10,13-15,22-24,31,33-34,37-38,40-44,46-47,49-63H2,1-3H3,(H,73,74)/b11-8-,12-9-,19-16-,20-17-,21-18-,28-25-,29-26-,30-27-,35-32-,39-36-,48-45-. The van der Waals surface area contributed by atoms with Gasteiger partial charge in [-0.05, 0) is 128 Å². The number of rotatable bonds is 56. The summed E-state index contributed by atoms with van der Waals surface area (Å²) in [7, 11) is -4.78. The topological polar surface area (TPSA) is 155 Å². The predicted molar refractivity (Wildman–Crippen MR) is 334 cm³/mol. The van der Waals surface area contributed by atoms with Crippen LogP contribution in [0.4, 0.5) is 0 Å². The molecule has 0 saturated heterocycles. The Balaban J connectivity index is 4.83. The van der Waals surface area contributed by atoms with Crippen molar-refractivity contribution in [3.05, 3.63) is 134 Å². The van der Waals surface area contributed by atoms with Gasteiger partial charge in [0, 0.05) is 19.3 Å². The minimum atomic E-state index is -4.78. The Kier molecular flexibility index (Phi) is 57.4. The second-order valence-electron chi connectivity index (χ2n) is 20.1. The smallest absolute Gasteiger partial charge is 0.462 e. The van der Waals surface area contributed by atoms with Crippen LogP contribution >= 0.6 is 7.82 Å². The van der Waals surface area contributed by atoms with Crippen molar-refractivity contribution in [1.82, 2.24) is 0 Å². The maximum atomic E-state index is 12.9. The number of phosphoric acid groups is 1. The monoisotopic (exact) mass is 1130 g/mol. The molecule has 0 aromatic heterocycles. The number of carbonyl (C=O) groups excluding carboxylic acids is 3. The summed E-state index contributed by atoms with van der Waals surface area (Å²) >= 11 is 0. The van der Waals surface area contributed by atoms with E-state index in [1.54, 1.807) is 0 Å². The molecular weight excluding hydrogens is 1020 g/mol. The van der Waals surface area contributed by atoms with Gasteiger partial charge in [-0.25, -0.2) is 4.57 Å². The summed E-state index contributed by atoms with van der Waals surface area (Å²) in [5.74, 6) is -1.57. The number of allylic oxidation sites excluding steroid dienone is 22. The highest BCUT2D eigenvalue weighted by molar-refractivity contribution is 7.47. The third-order valence-corrected chi connectivity index (χ3v) is 13.5. The molecule has 0 aromatic carbocycles. The van der Waals surface area contributed by atoms with Crippen molar-refractivity contribution in [2.75, 3.05) is 26.4 Å². The quantitative estimate of drug-likeness (QED) is 0.0197. The lowest BCUT2D eigenvalue weighted by molar-refractivity contribution is -0.161. The molecule has 80 heavy (non-hydrogen) atoms. The number of aliphatic hydroxyl groups excluding tert-OH is 1. The number of aliphatic hydroxyl groups is 1. The van der Waals surface area contributed by atoms with Gasteiger partial charge in [0.2, 0.25) is 0 Å². The summed E-state index contributed by atoms with van der Waals surface area (Å²) in [5.41, 5.74) is 0. The van der Waals surface area contributed by atoms with Crippen LogP contribution < -0.4 is 0 Å².